The van der Waals surface area contributed by atoms with Gasteiger partial charge in [0, 0.05) is 12.4 Å². The molecule has 1 rings (SSSR count). The highest BCUT2D eigenvalue weighted by molar-refractivity contribution is 6.18. The van der Waals surface area contributed by atoms with Crippen LogP contribution in [0.2, 0.25) is 0 Å². The van der Waals surface area contributed by atoms with Crippen molar-refractivity contribution < 1.29 is 5.11 Å². The molecule has 1 N–H and O–H groups in total. The van der Waals surface area contributed by atoms with E-state index in [0.29, 0.717) is 5.92 Å². The van der Waals surface area contributed by atoms with Gasteiger partial charge in [0.25, 0.3) is 0 Å². The molecule has 0 aliphatic carbocycles. The van der Waals surface area contributed by atoms with Crippen molar-refractivity contribution in [3.05, 3.63) is 0 Å². The van der Waals surface area contributed by atoms with Gasteiger partial charge in [0.2, 0.25) is 0 Å². The zero-order valence-corrected chi connectivity index (χ0v) is 8.43. The van der Waals surface area contributed by atoms with E-state index in [2.05, 4.69) is 4.90 Å². The summed E-state index contributed by atoms with van der Waals surface area (Å²) in [5, 5.41) is 9.35. The SMILES string of the molecule is CC(O)C1CCN(CCCl)CC1. The van der Waals surface area contributed by atoms with Crippen LogP contribution in [0.3, 0.4) is 0 Å². The van der Waals surface area contributed by atoms with E-state index in [1.165, 1.54) is 0 Å². The number of hydrogen-bond acceptors (Lipinski definition) is 2. The Balaban J connectivity index is 2.20. The van der Waals surface area contributed by atoms with Crippen molar-refractivity contribution >= 4 is 11.6 Å². The Morgan fingerprint density at radius 3 is 2.50 bits per heavy atom. The minimum Gasteiger partial charge on any atom is -0.393 e. The average Bonchev–Trinajstić information content (AvgIpc) is 2.06. The van der Waals surface area contributed by atoms with Crippen molar-refractivity contribution in [2.24, 2.45) is 5.92 Å². The van der Waals surface area contributed by atoms with Gasteiger partial charge in [0.1, 0.15) is 0 Å². The number of nitrogens with zero attached hydrogens (tertiary/aromatic N) is 1. The number of alkyl halides is 1. The molecule has 1 fully saturated rings. The van der Waals surface area contributed by atoms with Crippen molar-refractivity contribution in [3.63, 3.8) is 0 Å². The Hall–Kier alpha value is 0.210. The monoisotopic (exact) mass is 191 g/mol. The molecule has 1 heterocycles. The largest absolute Gasteiger partial charge is 0.393 e. The summed E-state index contributed by atoms with van der Waals surface area (Å²) >= 11 is 5.64. The van der Waals surface area contributed by atoms with Gasteiger partial charge in [-0.15, -0.1) is 11.6 Å². The number of hydrogen-bond donors (Lipinski definition) is 1. The van der Waals surface area contributed by atoms with Crippen LogP contribution in [-0.2, 0) is 0 Å². The normalized spacial score (nSPS) is 24.2. The number of likely N-dealkylation sites (tertiary alicyclic amines) is 1. The summed E-state index contributed by atoms with van der Waals surface area (Å²) in [6.45, 7) is 5.08. The van der Waals surface area contributed by atoms with Crippen LogP contribution in [-0.4, -0.2) is 41.6 Å². The summed E-state index contributed by atoms with van der Waals surface area (Å²) in [4.78, 5) is 2.37. The summed E-state index contributed by atoms with van der Waals surface area (Å²) in [7, 11) is 0. The zero-order valence-electron chi connectivity index (χ0n) is 7.67. The fourth-order valence-corrected chi connectivity index (χ4v) is 2.02. The summed E-state index contributed by atoms with van der Waals surface area (Å²) < 4.78 is 0. The van der Waals surface area contributed by atoms with Gasteiger partial charge in [-0.1, -0.05) is 0 Å². The Bertz CT molecular complexity index is 122. The number of aliphatic hydroxyl groups is 1. The second-order valence-corrected chi connectivity index (χ2v) is 3.99. The maximum atomic E-state index is 9.35. The van der Waals surface area contributed by atoms with Gasteiger partial charge < -0.3 is 10.0 Å². The van der Waals surface area contributed by atoms with Gasteiger partial charge in [0.15, 0.2) is 0 Å². The van der Waals surface area contributed by atoms with Crippen molar-refractivity contribution in [2.45, 2.75) is 25.9 Å². The minimum atomic E-state index is -0.136. The Kier molecular flexibility index (Phi) is 4.33. The lowest BCUT2D eigenvalue weighted by Crippen LogP contribution is -2.37. The van der Waals surface area contributed by atoms with Crippen LogP contribution in [0.25, 0.3) is 0 Å². The third-order valence-electron chi connectivity index (χ3n) is 2.72. The van der Waals surface area contributed by atoms with E-state index in [1.54, 1.807) is 0 Å². The minimum absolute atomic E-state index is 0.136. The molecule has 72 valence electrons. The van der Waals surface area contributed by atoms with Crippen molar-refractivity contribution in [3.8, 4) is 0 Å². The van der Waals surface area contributed by atoms with Crippen LogP contribution in [0.4, 0.5) is 0 Å². The molecule has 1 atom stereocenters. The predicted octanol–water partition coefficient (Wildman–Crippen LogP) is 1.32. The Labute approximate surface area is 79.5 Å². The van der Waals surface area contributed by atoms with E-state index < -0.39 is 0 Å². The second-order valence-electron chi connectivity index (χ2n) is 3.61. The lowest BCUT2D eigenvalue weighted by Gasteiger charge is -2.32. The Morgan fingerprint density at radius 2 is 2.08 bits per heavy atom. The fraction of sp³-hybridized carbons (Fsp3) is 1.00. The second kappa shape index (κ2) is 5.05. The van der Waals surface area contributed by atoms with Gasteiger partial charge in [0.05, 0.1) is 6.10 Å². The molecule has 0 bridgehead atoms. The molecule has 0 spiro atoms. The predicted molar refractivity (Wildman–Crippen MR) is 51.6 cm³/mol. The van der Waals surface area contributed by atoms with Crippen molar-refractivity contribution in [1.82, 2.24) is 4.90 Å². The number of aliphatic hydroxyl groups excluding tert-OH is 1. The molecular formula is C9H18ClNO. The standard InChI is InChI=1S/C9H18ClNO/c1-8(12)9-2-5-11(6-3-9)7-4-10/h8-9,12H,2-7H2,1H3. The highest BCUT2D eigenvalue weighted by Crippen LogP contribution is 2.19. The molecule has 1 saturated heterocycles. The summed E-state index contributed by atoms with van der Waals surface area (Å²) in [5.41, 5.74) is 0. The van der Waals surface area contributed by atoms with Gasteiger partial charge >= 0.3 is 0 Å². The third kappa shape index (κ3) is 2.92. The molecule has 0 aromatic rings. The topological polar surface area (TPSA) is 23.5 Å². The van der Waals surface area contributed by atoms with Gasteiger partial charge in [-0.25, -0.2) is 0 Å². The Morgan fingerprint density at radius 1 is 1.50 bits per heavy atom. The van der Waals surface area contributed by atoms with E-state index in [-0.39, 0.29) is 6.10 Å². The van der Waals surface area contributed by atoms with E-state index >= 15 is 0 Å². The van der Waals surface area contributed by atoms with Crippen LogP contribution in [0, 0.1) is 5.92 Å². The number of rotatable bonds is 3. The van der Waals surface area contributed by atoms with E-state index in [0.717, 1.165) is 38.4 Å². The van der Waals surface area contributed by atoms with E-state index in [9.17, 15) is 5.11 Å². The molecule has 0 aromatic heterocycles. The quantitative estimate of drug-likeness (QED) is 0.681. The smallest absolute Gasteiger partial charge is 0.0541 e. The zero-order chi connectivity index (χ0) is 8.97. The molecule has 0 aromatic carbocycles. The average molecular weight is 192 g/mol. The van der Waals surface area contributed by atoms with Crippen LogP contribution in [0.5, 0.6) is 0 Å². The lowest BCUT2D eigenvalue weighted by atomic mass is 9.92. The molecule has 0 radical (unpaired) electrons. The molecule has 1 aliphatic rings. The van der Waals surface area contributed by atoms with Crippen LogP contribution in [0.15, 0.2) is 0 Å². The van der Waals surface area contributed by atoms with E-state index in [1.807, 2.05) is 6.92 Å². The van der Waals surface area contributed by atoms with Crippen LogP contribution < -0.4 is 0 Å². The summed E-state index contributed by atoms with van der Waals surface area (Å²) in [6, 6.07) is 0. The van der Waals surface area contributed by atoms with Gasteiger partial charge in [-0.05, 0) is 38.8 Å². The molecule has 2 nitrogen and oxygen atoms in total. The van der Waals surface area contributed by atoms with Crippen molar-refractivity contribution in [2.75, 3.05) is 25.5 Å². The number of piperidine rings is 1. The van der Waals surface area contributed by atoms with Gasteiger partial charge in [-0.2, -0.15) is 0 Å². The summed E-state index contributed by atoms with van der Waals surface area (Å²) in [5.74, 6) is 1.23. The molecule has 1 unspecified atom stereocenters. The maximum Gasteiger partial charge on any atom is 0.0541 e. The molecule has 12 heavy (non-hydrogen) atoms. The lowest BCUT2D eigenvalue weighted by molar-refractivity contribution is 0.0739. The first-order chi connectivity index (χ1) is 5.74. The molecule has 3 heteroatoms. The molecule has 0 amide bonds. The van der Waals surface area contributed by atoms with Gasteiger partial charge in [-0.3, -0.25) is 0 Å². The van der Waals surface area contributed by atoms with Crippen molar-refractivity contribution in [1.29, 1.82) is 0 Å². The van der Waals surface area contributed by atoms with Crippen LogP contribution in [0.1, 0.15) is 19.8 Å². The first-order valence-corrected chi connectivity index (χ1v) is 5.24. The molecule has 1 aliphatic heterocycles. The maximum absolute atomic E-state index is 9.35. The van der Waals surface area contributed by atoms with E-state index in [4.69, 9.17) is 11.6 Å². The highest BCUT2D eigenvalue weighted by Gasteiger charge is 2.21. The molecular weight excluding hydrogens is 174 g/mol. The first-order valence-electron chi connectivity index (χ1n) is 4.70. The highest BCUT2D eigenvalue weighted by atomic mass is 35.5. The number of halogens is 1. The fourth-order valence-electron chi connectivity index (χ4n) is 1.78. The molecule has 0 saturated carbocycles. The first kappa shape index (κ1) is 10.3. The third-order valence-corrected chi connectivity index (χ3v) is 2.88. The summed E-state index contributed by atoms with van der Waals surface area (Å²) in [6.07, 6.45) is 2.10. The van der Waals surface area contributed by atoms with Crippen LogP contribution >= 0.6 is 11.6 Å².